The van der Waals surface area contributed by atoms with Crippen molar-refractivity contribution in [2.45, 2.75) is 59.3 Å². The van der Waals surface area contributed by atoms with E-state index >= 15 is 0 Å². The number of carboxylic acid groups (broad SMARTS) is 1. The number of esters is 1. The molecule has 2 N–H and O–H groups in total. The molecule has 0 radical (unpaired) electrons. The van der Waals surface area contributed by atoms with Crippen LogP contribution in [0.15, 0.2) is 0 Å². The summed E-state index contributed by atoms with van der Waals surface area (Å²) in [7, 11) is 0. The van der Waals surface area contributed by atoms with E-state index in [9.17, 15) is 14.4 Å². The van der Waals surface area contributed by atoms with Crippen LogP contribution < -0.4 is 5.32 Å². The van der Waals surface area contributed by atoms with Crippen molar-refractivity contribution in [3.63, 3.8) is 0 Å². The summed E-state index contributed by atoms with van der Waals surface area (Å²) >= 11 is 0. The molecule has 20 heavy (non-hydrogen) atoms. The number of ether oxygens (including phenoxy) is 2. The van der Waals surface area contributed by atoms with Gasteiger partial charge in [0.25, 0.3) is 0 Å². The van der Waals surface area contributed by atoms with Crippen LogP contribution in [-0.4, -0.2) is 40.9 Å². The Hall–Kier alpha value is -1.79. The number of nitrogens with one attached hydrogen (secondary N) is 1. The molecule has 0 aliphatic rings. The number of carbonyl (C=O) groups is 3. The van der Waals surface area contributed by atoms with E-state index in [0.29, 0.717) is 0 Å². The lowest BCUT2D eigenvalue weighted by molar-refractivity contribution is -0.164. The van der Waals surface area contributed by atoms with E-state index in [-0.39, 0.29) is 5.92 Å². The topological polar surface area (TPSA) is 102 Å². The van der Waals surface area contributed by atoms with Gasteiger partial charge >= 0.3 is 18.0 Å². The number of hydrogen-bond acceptors (Lipinski definition) is 5. The number of carboxylic acids is 1. The fraction of sp³-hybridized carbons (Fsp3) is 0.769. The van der Waals surface area contributed by atoms with E-state index in [1.165, 1.54) is 6.92 Å². The normalized spacial score (nSPS) is 14.3. The van der Waals surface area contributed by atoms with Crippen LogP contribution in [-0.2, 0) is 19.1 Å². The molecule has 0 unspecified atom stereocenters. The fourth-order valence-corrected chi connectivity index (χ4v) is 1.23. The summed E-state index contributed by atoms with van der Waals surface area (Å²) in [6, 6.07) is -0.966. The Morgan fingerprint density at radius 2 is 1.60 bits per heavy atom. The van der Waals surface area contributed by atoms with Crippen molar-refractivity contribution in [1.82, 2.24) is 5.32 Å². The molecule has 0 aliphatic heterocycles. The van der Waals surface area contributed by atoms with Crippen LogP contribution >= 0.6 is 0 Å². The van der Waals surface area contributed by atoms with Crippen LogP contribution in [0.25, 0.3) is 0 Å². The Balaban J connectivity index is 4.69. The van der Waals surface area contributed by atoms with Crippen LogP contribution in [0.2, 0.25) is 0 Å². The third kappa shape index (κ3) is 6.96. The van der Waals surface area contributed by atoms with Crippen LogP contribution in [0.4, 0.5) is 4.79 Å². The van der Waals surface area contributed by atoms with E-state index in [1.807, 2.05) is 0 Å². The van der Waals surface area contributed by atoms with E-state index < -0.39 is 35.8 Å². The maximum atomic E-state index is 11.8. The quantitative estimate of drug-likeness (QED) is 0.744. The van der Waals surface area contributed by atoms with E-state index in [1.54, 1.807) is 34.6 Å². The lowest BCUT2D eigenvalue weighted by atomic mass is 10.1. The zero-order valence-electron chi connectivity index (χ0n) is 12.7. The average Bonchev–Trinajstić information content (AvgIpc) is 2.22. The van der Waals surface area contributed by atoms with Gasteiger partial charge in [-0.2, -0.15) is 0 Å². The Morgan fingerprint density at radius 1 is 1.10 bits per heavy atom. The Morgan fingerprint density at radius 3 is 1.95 bits per heavy atom. The second-order valence-electron chi connectivity index (χ2n) is 5.79. The van der Waals surface area contributed by atoms with Crippen molar-refractivity contribution in [2.24, 2.45) is 5.92 Å². The van der Waals surface area contributed by atoms with Crippen molar-refractivity contribution in [2.75, 3.05) is 0 Å². The molecular weight excluding hydrogens is 266 g/mol. The van der Waals surface area contributed by atoms with Crippen molar-refractivity contribution < 1.29 is 29.0 Å². The Labute approximate surface area is 118 Å². The van der Waals surface area contributed by atoms with Gasteiger partial charge in [0.15, 0.2) is 6.10 Å². The standard InChI is InChI=1S/C13H23NO6/c1-7(2)9(11(17)19-8(3)10(15)16)14-12(18)20-13(4,5)6/h7-9H,1-6H3,(H,14,18)(H,15,16)/t8-,9-/m0/s1. The minimum absolute atomic E-state index is 0.268. The Bertz CT molecular complexity index is 372. The first kappa shape index (κ1) is 18.2. The molecule has 0 aromatic heterocycles. The smallest absolute Gasteiger partial charge is 0.408 e. The molecule has 0 aromatic rings. The molecule has 1 amide bonds. The first-order valence-corrected chi connectivity index (χ1v) is 6.37. The number of carbonyl (C=O) groups excluding carboxylic acids is 2. The molecule has 0 rings (SSSR count). The van der Waals surface area contributed by atoms with Gasteiger partial charge in [-0.05, 0) is 33.6 Å². The molecule has 0 bridgehead atoms. The van der Waals surface area contributed by atoms with Gasteiger partial charge in [0.05, 0.1) is 0 Å². The molecule has 7 nitrogen and oxygen atoms in total. The average molecular weight is 289 g/mol. The molecule has 0 saturated carbocycles. The molecular formula is C13H23NO6. The van der Waals surface area contributed by atoms with Gasteiger partial charge in [0.2, 0.25) is 0 Å². The van der Waals surface area contributed by atoms with Gasteiger partial charge < -0.3 is 19.9 Å². The number of rotatable bonds is 5. The fourth-order valence-electron chi connectivity index (χ4n) is 1.23. The summed E-state index contributed by atoms with van der Waals surface area (Å²) in [5.74, 6) is -2.32. The van der Waals surface area contributed by atoms with E-state index in [0.717, 1.165) is 0 Å². The minimum atomic E-state index is -1.27. The molecule has 0 saturated heterocycles. The number of hydrogen-bond donors (Lipinski definition) is 2. The summed E-state index contributed by atoms with van der Waals surface area (Å²) in [6.07, 6.45) is -2.03. The third-order valence-corrected chi connectivity index (χ3v) is 2.23. The molecule has 2 atom stereocenters. The number of alkyl carbamates (subject to hydrolysis) is 1. The maximum absolute atomic E-state index is 11.8. The maximum Gasteiger partial charge on any atom is 0.408 e. The predicted octanol–water partition coefficient (Wildman–Crippen LogP) is 1.55. The van der Waals surface area contributed by atoms with Crippen molar-refractivity contribution in [1.29, 1.82) is 0 Å². The van der Waals surface area contributed by atoms with Gasteiger partial charge in [-0.3, -0.25) is 0 Å². The molecule has 7 heteroatoms. The molecule has 0 aliphatic carbocycles. The summed E-state index contributed by atoms with van der Waals surface area (Å²) in [5, 5.41) is 11.1. The monoisotopic (exact) mass is 289 g/mol. The Kier molecular flexibility index (Phi) is 6.48. The van der Waals surface area contributed by atoms with Crippen molar-refractivity contribution >= 4 is 18.0 Å². The number of amides is 1. The van der Waals surface area contributed by atoms with Gasteiger partial charge in [0.1, 0.15) is 11.6 Å². The van der Waals surface area contributed by atoms with Crippen molar-refractivity contribution in [3.8, 4) is 0 Å². The molecule has 0 heterocycles. The van der Waals surface area contributed by atoms with Crippen LogP contribution in [0.3, 0.4) is 0 Å². The van der Waals surface area contributed by atoms with Crippen LogP contribution in [0.1, 0.15) is 41.5 Å². The highest BCUT2D eigenvalue weighted by Crippen LogP contribution is 2.10. The summed E-state index contributed by atoms with van der Waals surface area (Å²) in [5.41, 5.74) is -0.691. The lowest BCUT2D eigenvalue weighted by Gasteiger charge is -2.25. The third-order valence-electron chi connectivity index (χ3n) is 2.23. The van der Waals surface area contributed by atoms with Crippen LogP contribution in [0.5, 0.6) is 0 Å². The second-order valence-corrected chi connectivity index (χ2v) is 5.79. The van der Waals surface area contributed by atoms with Gasteiger partial charge in [-0.15, -0.1) is 0 Å². The highest BCUT2D eigenvalue weighted by atomic mass is 16.6. The SMILES string of the molecule is CC(C)[C@H](NC(=O)OC(C)(C)C)C(=O)O[C@@H](C)C(=O)O. The molecule has 116 valence electrons. The molecule has 0 spiro atoms. The largest absolute Gasteiger partial charge is 0.479 e. The zero-order chi connectivity index (χ0) is 16.1. The highest BCUT2D eigenvalue weighted by molar-refractivity contribution is 5.84. The molecule has 0 fully saturated rings. The van der Waals surface area contributed by atoms with E-state index in [4.69, 9.17) is 14.6 Å². The van der Waals surface area contributed by atoms with E-state index in [2.05, 4.69) is 5.32 Å². The van der Waals surface area contributed by atoms with Gasteiger partial charge in [0, 0.05) is 0 Å². The van der Waals surface area contributed by atoms with Crippen LogP contribution in [0, 0.1) is 5.92 Å². The highest BCUT2D eigenvalue weighted by Gasteiger charge is 2.30. The molecule has 0 aromatic carbocycles. The number of aliphatic carboxylic acids is 1. The zero-order valence-corrected chi connectivity index (χ0v) is 12.7. The predicted molar refractivity (Wildman–Crippen MR) is 71.2 cm³/mol. The summed E-state index contributed by atoms with van der Waals surface area (Å²) in [6.45, 7) is 9.74. The first-order valence-electron chi connectivity index (χ1n) is 6.37. The lowest BCUT2D eigenvalue weighted by Crippen LogP contribution is -2.48. The summed E-state index contributed by atoms with van der Waals surface area (Å²) in [4.78, 5) is 34.1. The van der Waals surface area contributed by atoms with Gasteiger partial charge in [-0.25, -0.2) is 14.4 Å². The summed E-state index contributed by atoms with van der Waals surface area (Å²) < 4.78 is 9.80. The van der Waals surface area contributed by atoms with Crippen molar-refractivity contribution in [3.05, 3.63) is 0 Å². The van der Waals surface area contributed by atoms with Gasteiger partial charge in [-0.1, -0.05) is 13.8 Å². The first-order chi connectivity index (χ1) is 8.94. The second kappa shape index (κ2) is 7.12. The minimum Gasteiger partial charge on any atom is -0.479 e.